The standard InChI is InChI=1S/C11H14O.C2H6/c1-7-5-9(3)11(10(4)12)6-8(7)2;1-2/h5-6,12H,4H2,1-3H3;1-2H3. The van der Waals surface area contributed by atoms with Gasteiger partial charge in [-0.25, -0.2) is 0 Å². The Kier molecular flexibility index (Phi) is 5.00. The highest BCUT2D eigenvalue weighted by Crippen LogP contribution is 2.19. The van der Waals surface area contributed by atoms with Crippen molar-refractivity contribution in [1.82, 2.24) is 0 Å². The molecule has 0 aliphatic heterocycles. The third-order valence-corrected chi connectivity index (χ3v) is 2.15. The van der Waals surface area contributed by atoms with Crippen molar-refractivity contribution in [2.75, 3.05) is 0 Å². The van der Waals surface area contributed by atoms with Crippen LogP contribution in [0.3, 0.4) is 0 Å². The van der Waals surface area contributed by atoms with Crippen molar-refractivity contribution in [2.45, 2.75) is 34.6 Å². The maximum Gasteiger partial charge on any atom is 0.115 e. The van der Waals surface area contributed by atoms with E-state index in [2.05, 4.69) is 19.6 Å². The summed E-state index contributed by atoms with van der Waals surface area (Å²) < 4.78 is 0. The van der Waals surface area contributed by atoms with Gasteiger partial charge in [-0.3, -0.25) is 0 Å². The van der Waals surface area contributed by atoms with E-state index in [0.29, 0.717) is 0 Å². The summed E-state index contributed by atoms with van der Waals surface area (Å²) in [5, 5.41) is 9.23. The molecule has 14 heavy (non-hydrogen) atoms. The van der Waals surface area contributed by atoms with Crippen molar-refractivity contribution in [2.24, 2.45) is 0 Å². The zero-order chi connectivity index (χ0) is 11.3. The summed E-state index contributed by atoms with van der Waals surface area (Å²) in [5.41, 5.74) is 4.35. The molecule has 0 aromatic heterocycles. The lowest BCUT2D eigenvalue weighted by molar-refractivity contribution is 0.513. The molecule has 0 bridgehead atoms. The van der Waals surface area contributed by atoms with E-state index in [9.17, 15) is 5.11 Å². The smallest absolute Gasteiger partial charge is 0.115 e. The van der Waals surface area contributed by atoms with Crippen molar-refractivity contribution < 1.29 is 5.11 Å². The van der Waals surface area contributed by atoms with Gasteiger partial charge in [0.15, 0.2) is 0 Å². The van der Waals surface area contributed by atoms with Gasteiger partial charge in [0.1, 0.15) is 5.76 Å². The first-order chi connectivity index (χ1) is 6.52. The minimum Gasteiger partial charge on any atom is -0.508 e. The molecule has 1 aromatic carbocycles. The Bertz CT molecular complexity index is 324. The highest BCUT2D eigenvalue weighted by atomic mass is 16.3. The van der Waals surface area contributed by atoms with Crippen LogP contribution in [0.15, 0.2) is 18.7 Å². The summed E-state index contributed by atoms with van der Waals surface area (Å²) in [7, 11) is 0. The number of hydrogen-bond donors (Lipinski definition) is 1. The van der Waals surface area contributed by atoms with Gasteiger partial charge < -0.3 is 5.11 Å². The van der Waals surface area contributed by atoms with Crippen LogP contribution in [0.5, 0.6) is 0 Å². The predicted octanol–water partition coefficient (Wildman–Crippen LogP) is 4.17. The van der Waals surface area contributed by atoms with E-state index >= 15 is 0 Å². The molecule has 0 radical (unpaired) electrons. The molecule has 0 heterocycles. The van der Waals surface area contributed by atoms with Crippen molar-refractivity contribution >= 4 is 5.76 Å². The monoisotopic (exact) mass is 192 g/mol. The second-order valence-electron chi connectivity index (χ2n) is 3.20. The van der Waals surface area contributed by atoms with Crippen molar-refractivity contribution in [3.8, 4) is 0 Å². The van der Waals surface area contributed by atoms with E-state index in [0.717, 1.165) is 11.1 Å². The van der Waals surface area contributed by atoms with Gasteiger partial charge in [0.2, 0.25) is 0 Å². The number of aryl methyl sites for hydroxylation is 3. The second-order valence-corrected chi connectivity index (χ2v) is 3.20. The van der Waals surface area contributed by atoms with Crippen LogP contribution >= 0.6 is 0 Å². The molecule has 1 heteroatoms. The molecule has 1 N–H and O–H groups in total. The Balaban J connectivity index is 0.000000791. The summed E-state index contributed by atoms with van der Waals surface area (Å²) in [6.07, 6.45) is 0. The minimum absolute atomic E-state index is 0.149. The Labute approximate surface area is 87.1 Å². The Morgan fingerprint density at radius 2 is 1.43 bits per heavy atom. The van der Waals surface area contributed by atoms with E-state index in [1.165, 1.54) is 11.1 Å². The SMILES string of the molecule is C=C(O)c1cc(C)c(C)cc1C.CC. The average molecular weight is 192 g/mol. The topological polar surface area (TPSA) is 20.2 Å². The number of aliphatic hydroxyl groups excluding tert-OH is 1. The van der Waals surface area contributed by atoms with Crippen LogP contribution in [0.1, 0.15) is 36.1 Å². The van der Waals surface area contributed by atoms with Crippen molar-refractivity contribution in [3.63, 3.8) is 0 Å². The summed E-state index contributed by atoms with van der Waals surface area (Å²) in [6, 6.07) is 4.03. The van der Waals surface area contributed by atoms with Gasteiger partial charge in [-0.05, 0) is 43.5 Å². The molecule has 1 nitrogen and oxygen atoms in total. The number of hydrogen-bond acceptors (Lipinski definition) is 1. The Hall–Kier alpha value is -1.24. The van der Waals surface area contributed by atoms with Crippen LogP contribution in [0.25, 0.3) is 5.76 Å². The van der Waals surface area contributed by atoms with Crippen LogP contribution in [0, 0.1) is 20.8 Å². The van der Waals surface area contributed by atoms with Crippen LogP contribution in [-0.2, 0) is 0 Å². The van der Waals surface area contributed by atoms with Gasteiger partial charge in [-0.1, -0.05) is 26.5 Å². The largest absolute Gasteiger partial charge is 0.508 e. The number of benzene rings is 1. The maximum absolute atomic E-state index is 9.23. The molecule has 0 amide bonds. The molecule has 0 aliphatic rings. The zero-order valence-corrected chi connectivity index (χ0v) is 9.81. The fraction of sp³-hybridized carbons (Fsp3) is 0.385. The lowest BCUT2D eigenvalue weighted by atomic mass is 10.0. The molecular weight excluding hydrogens is 172 g/mol. The fourth-order valence-electron chi connectivity index (χ4n) is 1.27. The molecule has 78 valence electrons. The molecule has 1 aromatic rings. The van der Waals surface area contributed by atoms with E-state index in [1.807, 2.05) is 33.8 Å². The van der Waals surface area contributed by atoms with Crippen LogP contribution < -0.4 is 0 Å². The lowest BCUT2D eigenvalue weighted by Crippen LogP contribution is -1.90. The van der Waals surface area contributed by atoms with Gasteiger partial charge in [-0.15, -0.1) is 0 Å². The van der Waals surface area contributed by atoms with Crippen LogP contribution in [-0.4, -0.2) is 5.11 Å². The lowest BCUT2D eigenvalue weighted by Gasteiger charge is -2.07. The predicted molar refractivity (Wildman–Crippen MR) is 63.7 cm³/mol. The normalized spacial score (nSPS) is 8.93. The molecule has 0 unspecified atom stereocenters. The first-order valence-corrected chi connectivity index (χ1v) is 4.98. The summed E-state index contributed by atoms with van der Waals surface area (Å²) in [4.78, 5) is 0. The maximum atomic E-state index is 9.23. The Morgan fingerprint density at radius 1 is 1.00 bits per heavy atom. The summed E-state index contributed by atoms with van der Waals surface area (Å²) in [6.45, 7) is 13.6. The average Bonchev–Trinajstić information content (AvgIpc) is 2.14. The van der Waals surface area contributed by atoms with E-state index in [1.54, 1.807) is 0 Å². The molecule has 0 aliphatic carbocycles. The third-order valence-electron chi connectivity index (χ3n) is 2.15. The molecule has 0 saturated carbocycles. The van der Waals surface area contributed by atoms with Crippen molar-refractivity contribution in [1.29, 1.82) is 0 Å². The number of aliphatic hydroxyl groups is 1. The Morgan fingerprint density at radius 3 is 1.86 bits per heavy atom. The molecular formula is C13H20O. The summed E-state index contributed by atoms with van der Waals surface area (Å²) in [5.74, 6) is 0.149. The third kappa shape index (κ3) is 2.91. The molecule has 1 rings (SSSR count). The van der Waals surface area contributed by atoms with Gasteiger partial charge >= 0.3 is 0 Å². The number of rotatable bonds is 1. The first kappa shape index (κ1) is 12.8. The van der Waals surface area contributed by atoms with Gasteiger partial charge in [0.05, 0.1) is 0 Å². The van der Waals surface area contributed by atoms with E-state index < -0.39 is 0 Å². The van der Waals surface area contributed by atoms with Crippen LogP contribution in [0.4, 0.5) is 0 Å². The zero-order valence-electron chi connectivity index (χ0n) is 9.81. The highest BCUT2D eigenvalue weighted by molar-refractivity contribution is 5.61. The highest BCUT2D eigenvalue weighted by Gasteiger charge is 2.03. The van der Waals surface area contributed by atoms with Gasteiger partial charge in [0.25, 0.3) is 0 Å². The molecule has 0 spiro atoms. The van der Waals surface area contributed by atoms with E-state index in [4.69, 9.17) is 0 Å². The molecule has 0 atom stereocenters. The summed E-state index contributed by atoms with van der Waals surface area (Å²) >= 11 is 0. The molecule has 0 saturated heterocycles. The first-order valence-electron chi connectivity index (χ1n) is 4.98. The quantitative estimate of drug-likeness (QED) is 0.662. The second kappa shape index (κ2) is 5.48. The molecule has 0 fully saturated rings. The van der Waals surface area contributed by atoms with Crippen LogP contribution in [0.2, 0.25) is 0 Å². The van der Waals surface area contributed by atoms with Gasteiger partial charge in [-0.2, -0.15) is 0 Å². The fourth-order valence-corrected chi connectivity index (χ4v) is 1.27. The van der Waals surface area contributed by atoms with E-state index in [-0.39, 0.29) is 5.76 Å². The minimum atomic E-state index is 0.149. The van der Waals surface area contributed by atoms with Gasteiger partial charge in [0, 0.05) is 5.56 Å². The van der Waals surface area contributed by atoms with Crippen molar-refractivity contribution in [3.05, 3.63) is 41.0 Å².